The molecule has 0 saturated carbocycles. The fraction of sp³-hybridized carbons (Fsp3) is 0.812. The van der Waals surface area contributed by atoms with Crippen molar-refractivity contribution in [2.24, 2.45) is 0 Å². The summed E-state index contributed by atoms with van der Waals surface area (Å²) < 4.78 is 7.16. The van der Waals surface area contributed by atoms with Gasteiger partial charge in [0.15, 0.2) is 0 Å². The van der Waals surface area contributed by atoms with Crippen LogP contribution in [0.25, 0.3) is 0 Å². The molecule has 0 unspecified atom stereocenters. The van der Waals surface area contributed by atoms with Crippen LogP contribution in [0, 0.1) is 0 Å². The first-order valence-corrected chi connectivity index (χ1v) is 8.08. The molecule has 1 aromatic heterocycles. The van der Waals surface area contributed by atoms with E-state index in [-0.39, 0.29) is 0 Å². The van der Waals surface area contributed by atoms with Crippen LogP contribution in [-0.2, 0) is 17.8 Å². The van der Waals surface area contributed by atoms with Gasteiger partial charge in [-0.15, -0.1) is 0 Å². The molecule has 0 amide bonds. The van der Waals surface area contributed by atoms with Crippen LogP contribution in [0.5, 0.6) is 0 Å². The predicted octanol–water partition coefficient (Wildman–Crippen LogP) is 3.37. The quantitative estimate of drug-likeness (QED) is 0.563. The van der Waals surface area contributed by atoms with Crippen molar-refractivity contribution in [1.82, 2.24) is 15.1 Å². The Morgan fingerprint density at radius 1 is 1.15 bits per heavy atom. The number of rotatable bonds is 13. The summed E-state index contributed by atoms with van der Waals surface area (Å²) in [6, 6.07) is 2.10. The molecule has 20 heavy (non-hydrogen) atoms. The van der Waals surface area contributed by atoms with Gasteiger partial charge in [-0.25, -0.2) is 0 Å². The second-order valence-corrected chi connectivity index (χ2v) is 5.34. The zero-order chi connectivity index (χ0) is 14.5. The van der Waals surface area contributed by atoms with Gasteiger partial charge < -0.3 is 10.1 Å². The molecule has 0 aromatic carbocycles. The second kappa shape index (κ2) is 11.9. The highest BCUT2D eigenvalue weighted by atomic mass is 16.5. The SMILES string of the molecule is CCCCCCCCCn1nccc1CNCCOC. The van der Waals surface area contributed by atoms with E-state index in [0.717, 1.165) is 26.2 Å². The Morgan fingerprint density at radius 2 is 1.90 bits per heavy atom. The normalized spacial score (nSPS) is 11.1. The van der Waals surface area contributed by atoms with Crippen molar-refractivity contribution in [2.45, 2.75) is 65.0 Å². The average Bonchev–Trinajstić information content (AvgIpc) is 2.90. The average molecular weight is 281 g/mol. The van der Waals surface area contributed by atoms with Crippen molar-refractivity contribution in [1.29, 1.82) is 0 Å². The Kier molecular flexibility index (Phi) is 10.2. The Labute approximate surface area is 123 Å². The van der Waals surface area contributed by atoms with Crippen LogP contribution in [0.15, 0.2) is 12.3 Å². The highest BCUT2D eigenvalue weighted by molar-refractivity contribution is 4.99. The third-order valence-electron chi connectivity index (χ3n) is 3.57. The van der Waals surface area contributed by atoms with Crippen LogP contribution >= 0.6 is 0 Å². The lowest BCUT2D eigenvalue weighted by Gasteiger charge is -2.08. The van der Waals surface area contributed by atoms with Crippen LogP contribution in [0.2, 0.25) is 0 Å². The molecule has 0 aliphatic rings. The number of methoxy groups -OCH3 is 1. The van der Waals surface area contributed by atoms with E-state index in [0.29, 0.717) is 0 Å². The van der Waals surface area contributed by atoms with Gasteiger partial charge in [0.25, 0.3) is 0 Å². The molecule has 4 nitrogen and oxygen atoms in total. The van der Waals surface area contributed by atoms with Crippen molar-refractivity contribution < 1.29 is 4.74 Å². The van der Waals surface area contributed by atoms with Crippen LogP contribution < -0.4 is 5.32 Å². The number of ether oxygens (including phenoxy) is 1. The molecule has 1 N–H and O–H groups in total. The van der Waals surface area contributed by atoms with Gasteiger partial charge in [0, 0.05) is 32.9 Å². The van der Waals surface area contributed by atoms with E-state index < -0.39 is 0 Å². The minimum Gasteiger partial charge on any atom is -0.383 e. The first-order valence-electron chi connectivity index (χ1n) is 8.08. The number of hydrogen-bond acceptors (Lipinski definition) is 3. The number of aryl methyl sites for hydroxylation is 1. The molecule has 0 radical (unpaired) electrons. The Bertz CT molecular complexity index is 325. The van der Waals surface area contributed by atoms with Gasteiger partial charge in [-0.3, -0.25) is 4.68 Å². The molecule has 4 heteroatoms. The molecule has 0 aliphatic heterocycles. The van der Waals surface area contributed by atoms with Gasteiger partial charge in [0.1, 0.15) is 0 Å². The zero-order valence-corrected chi connectivity index (χ0v) is 13.2. The zero-order valence-electron chi connectivity index (χ0n) is 13.2. The summed E-state index contributed by atoms with van der Waals surface area (Å²) in [5.74, 6) is 0. The minimum absolute atomic E-state index is 0.756. The lowest BCUT2D eigenvalue weighted by atomic mass is 10.1. The van der Waals surface area contributed by atoms with E-state index in [1.807, 2.05) is 6.20 Å². The van der Waals surface area contributed by atoms with Crippen molar-refractivity contribution in [3.63, 3.8) is 0 Å². The number of aromatic nitrogens is 2. The summed E-state index contributed by atoms with van der Waals surface area (Å²) in [7, 11) is 1.73. The summed E-state index contributed by atoms with van der Waals surface area (Å²) in [4.78, 5) is 0. The van der Waals surface area contributed by atoms with Crippen LogP contribution in [-0.4, -0.2) is 30.0 Å². The van der Waals surface area contributed by atoms with Gasteiger partial charge >= 0.3 is 0 Å². The van der Waals surface area contributed by atoms with Crippen LogP contribution in [0.3, 0.4) is 0 Å². The monoisotopic (exact) mass is 281 g/mol. The fourth-order valence-corrected chi connectivity index (χ4v) is 2.32. The molecule has 0 bridgehead atoms. The molecule has 1 rings (SSSR count). The summed E-state index contributed by atoms with van der Waals surface area (Å²) in [5.41, 5.74) is 1.27. The Balaban J connectivity index is 2.09. The number of hydrogen-bond donors (Lipinski definition) is 1. The fourth-order valence-electron chi connectivity index (χ4n) is 2.32. The Hall–Kier alpha value is -0.870. The third-order valence-corrected chi connectivity index (χ3v) is 3.57. The summed E-state index contributed by atoms with van der Waals surface area (Å²) in [6.45, 7) is 5.83. The predicted molar refractivity (Wildman–Crippen MR) is 83.8 cm³/mol. The number of unbranched alkanes of at least 4 members (excludes halogenated alkanes) is 6. The van der Waals surface area contributed by atoms with Gasteiger partial charge in [0.05, 0.1) is 12.3 Å². The number of nitrogens with zero attached hydrogens (tertiary/aromatic N) is 2. The van der Waals surface area contributed by atoms with Crippen LogP contribution in [0.4, 0.5) is 0 Å². The van der Waals surface area contributed by atoms with Gasteiger partial charge in [-0.05, 0) is 12.5 Å². The van der Waals surface area contributed by atoms with E-state index in [1.54, 1.807) is 7.11 Å². The van der Waals surface area contributed by atoms with E-state index in [2.05, 4.69) is 28.1 Å². The lowest BCUT2D eigenvalue weighted by Crippen LogP contribution is -2.20. The van der Waals surface area contributed by atoms with Crippen molar-refractivity contribution in [2.75, 3.05) is 20.3 Å². The molecule has 0 aliphatic carbocycles. The molecular weight excluding hydrogens is 250 g/mol. The van der Waals surface area contributed by atoms with Gasteiger partial charge in [-0.2, -0.15) is 5.10 Å². The van der Waals surface area contributed by atoms with E-state index in [9.17, 15) is 0 Å². The van der Waals surface area contributed by atoms with Gasteiger partial charge in [0.2, 0.25) is 0 Å². The topological polar surface area (TPSA) is 39.1 Å². The minimum atomic E-state index is 0.756. The lowest BCUT2D eigenvalue weighted by molar-refractivity contribution is 0.199. The first-order chi connectivity index (χ1) is 9.88. The maximum atomic E-state index is 5.03. The molecule has 1 heterocycles. The largest absolute Gasteiger partial charge is 0.383 e. The number of nitrogens with one attached hydrogen (secondary N) is 1. The molecular formula is C16H31N3O. The van der Waals surface area contributed by atoms with E-state index >= 15 is 0 Å². The third kappa shape index (κ3) is 7.65. The maximum Gasteiger partial charge on any atom is 0.0587 e. The molecule has 1 aromatic rings. The summed E-state index contributed by atoms with van der Waals surface area (Å²) in [6.07, 6.45) is 11.3. The second-order valence-electron chi connectivity index (χ2n) is 5.34. The molecule has 0 saturated heterocycles. The smallest absolute Gasteiger partial charge is 0.0587 e. The van der Waals surface area contributed by atoms with Gasteiger partial charge in [-0.1, -0.05) is 45.4 Å². The summed E-state index contributed by atoms with van der Waals surface area (Å²) in [5, 5.41) is 7.78. The van der Waals surface area contributed by atoms with Crippen molar-refractivity contribution in [3.05, 3.63) is 18.0 Å². The highest BCUT2D eigenvalue weighted by Crippen LogP contribution is 2.08. The first kappa shape index (κ1) is 17.2. The summed E-state index contributed by atoms with van der Waals surface area (Å²) >= 11 is 0. The standard InChI is InChI=1S/C16H31N3O/c1-3-4-5-6-7-8-9-13-19-16(10-11-18-19)15-17-12-14-20-2/h10-11,17H,3-9,12-15H2,1-2H3. The molecule has 0 spiro atoms. The van der Waals surface area contributed by atoms with Crippen molar-refractivity contribution in [3.8, 4) is 0 Å². The maximum absolute atomic E-state index is 5.03. The highest BCUT2D eigenvalue weighted by Gasteiger charge is 2.01. The van der Waals surface area contributed by atoms with Crippen molar-refractivity contribution >= 4 is 0 Å². The van der Waals surface area contributed by atoms with Crippen LogP contribution in [0.1, 0.15) is 57.6 Å². The molecule has 0 fully saturated rings. The Morgan fingerprint density at radius 3 is 2.65 bits per heavy atom. The van der Waals surface area contributed by atoms with E-state index in [1.165, 1.54) is 50.6 Å². The van der Waals surface area contributed by atoms with E-state index in [4.69, 9.17) is 4.74 Å². The molecule has 0 atom stereocenters. The molecule has 116 valence electrons.